The van der Waals surface area contributed by atoms with Gasteiger partial charge in [0.2, 0.25) is 0 Å². The number of carbonyl (C=O) groups excluding carboxylic acids is 1. The maximum Gasteiger partial charge on any atom is 0.157 e. The zero-order valence-corrected chi connectivity index (χ0v) is 22.9. The maximum atomic E-state index is 13.8. The second-order valence-electron chi connectivity index (χ2n) is 13.8. The van der Waals surface area contributed by atoms with Crippen LogP contribution in [0, 0.1) is 45.7 Å². The highest BCUT2D eigenvalue weighted by atomic mass is 19.1. The first-order valence-corrected chi connectivity index (χ1v) is 14.4. The van der Waals surface area contributed by atoms with Crippen molar-refractivity contribution in [3.8, 4) is 0 Å². The van der Waals surface area contributed by atoms with Gasteiger partial charge in [-0.15, -0.1) is 0 Å². The van der Waals surface area contributed by atoms with E-state index in [1.165, 1.54) is 18.6 Å². The molecule has 1 heterocycles. The molecule has 4 aliphatic rings. The van der Waals surface area contributed by atoms with E-state index < -0.39 is 5.60 Å². The molecule has 0 aliphatic heterocycles. The first kappa shape index (κ1) is 25.5. The van der Waals surface area contributed by atoms with Gasteiger partial charge in [-0.1, -0.05) is 13.8 Å². The standard InChI is InChI=1S/C31H43FN2O3/c1-28(36)13-14-31(19-37-4)21(16-28)6-8-23-24(31)9-11-30(3)25(10-12-29(23,30)2)27(35)18-34-17-20-5-7-22(32)15-26(20)33-34/h5,7,15,17,21,23-25,36H,6,8-14,16,18-19H2,1-4H3/t21-,23-,24+,25-,28-,29+,30-,31-/m1/s1. The van der Waals surface area contributed by atoms with Crippen molar-refractivity contribution in [1.82, 2.24) is 9.78 Å². The Kier molecular flexibility index (Phi) is 5.93. The number of fused-ring (bicyclic) bond motifs is 6. The van der Waals surface area contributed by atoms with E-state index in [4.69, 9.17) is 4.74 Å². The van der Waals surface area contributed by atoms with Crippen LogP contribution in [0.2, 0.25) is 0 Å². The van der Waals surface area contributed by atoms with Gasteiger partial charge in [0.25, 0.3) is 0 Å². The molecule has 6 heteroatoms. The Morgan fingerprint density at radius 1 is 1.08 bits per heavy atom. The molecule has 1 aromatic carbocycles. The molecule has 0 spiro atoms. The molecule has 1 aromatic heterocycles. The predicted octanol–water partition coefficient (Wildman–Crippen LogP) is 6.17. The number of hydrogen-bond donors (Lipinski definition) is 1. The van der Waals surface area contributed by atoms with Crippen molar-refractivity contribution in [2.75, 3.05) is 13.7 Å². The van der Waals surface area contributed by atoms with Crippen LogP contribution in [-0.4, -0.2) is 40.0 Å². The summed E-state index contributed by atoms with van der Waals surface area (Å²) in [5.41, 5.74) is 0.292. The van der Waals surface area contributed by atoms with E-state index in [1.807, 2.05) is 20.2 Å². The lowest BCUT2D eigenvalue weighted by Crippen LogP contribution is -2.61. The fraction of sp³-hybridized carbons (Fsp3) is 0.742. The maximum absolute atomic E-state index is 13.8. The van der Waals surface area contributed by atoms with Crippen LogP contribution >= 0.6 is 0 Å². The van der Waals surface area contributed by atoms with Crippen molar-refractivity contribution in [2.45, 2.75) is 90.7 Å². The number of aromatic nitrogens is 2. The summed E-state index contributed by atoms with van der Waals surface area (Å²) in [4.78, 5) is 13.8. The Hall–Kier alpha value is -1.79. The molecule has 6 rings (SSSR count). The molecule has 0 bridgehead atoms. The zero-order valence-electron chi connectivity index (χ0n) is 22.9. The third kappa shape index (κ3) is 3.76. The minimum atomic E-state index is -0.560. The molecular formula is C31H43FN2O3. The molecule has 1 N–H and O–H groups in total. The van der Waals surface area contributed by atoms with Gasteiger partial charge in [0.05, 0.1) is 24.3 Å². The molecule has 0 saturated heterocycles. The average molecular weight is 511 g/mol. The molecular weight excluding hydrogens is 467 g/mol. The number of aliphatic hydroxyl groups is 1. The number of Topliss-reactive ketones (excluding diaryl/α,β-unsaturated/α-hetero) is 1. The monoisotopic (exact) mass is 510 g/mol. The Labute approximate surface area is 220 Å². The van der Waals surface area contributed by atoms with Crippen LogP contribution in [0.4, 0.5) is 4.39 Å². The third-order valence-corrected chi connectivity index (χ3v) is 12.1. The first-order valence-electron chi connectivity index (χ1n) is 14.4. The summed E-state index contributed by atoms with van der Waals surface area (Å²) < 4.78 is 21.3. The van der Waals surface area contributed by atoms with Crippen LogP contribution in [0.25, 0.3) is 10.9 Å². The predicted molar refractivity (Wildman–Crippen MR) is 141 cm³/mol. The normalized spacial score (nSPS) is 43.3. The van der Waals surface area contributed by atoms with Gasteiger partial charge in [-0.3, -0.25) is 9.48 Å². The van der Waals surface area contributed by atoms with Crippen LogP contribution in [0.15, 0.2) is 24.4 Å². The molecule has 8 atom stereocenters. The van der Waals surface area contributed by atoms with E-state index in [0.29, 0.717) is 23.3 Å². The van der Waals surface area contributed by atoms with Crippen molar-refractivity contribution >= 4 is 16.7 Å². The van der Waals surface area contributed by atoms with Gasteiger partial charge in [-0.05, 0) is 111 Å². The molecule has 0 unspecified atom stereocenters. The van der Waals surface area contributed by atoms with Gasteiger partial charge in [-0.25, -0.2) is 4.39 Å². The summed E-state index contributed by atoms with van der Waals surface area (Å²) in [5.74, 6) is 1.71. The average Bonchev–Trinajstić information content (AvgIpc) is 3.36. The highest BCUT2D eigenvalue weighted by Crippen LogP contribution is 2.73. The largest absolute Gasteiger partial charge is 0.390 e. The van der Waals surface area contributed by atoms with E-state index in [9.17, 15) is 14.3 Å². The second-order valence-corrected chi connectivity index (χ2v) is 13.8. The minimum Gasteiger partial charge on any atom is -0.390 e. The Morgan fingerprint density at radius 2 is 1.86 bits per heavy atom. The molecule has 37 heavy (non-hydrogen) atoms. The van der Waals surface area contributed by atoms with Crippen molar-refractivity contribution in [3.63, 3.8) is 0 Å². The Morgan fingerprint density at radius 3 is 2.65 bits per heavy atom. The van der Waals surface area contributed by atoms with Gasteiger partial charge in [0, 0.05) is 30.7 Å². The number of carbonyl (C=O) groups is 1. The Bertz CT molecular complexity index is 1210. The zero-order chi connectivity index (χ0) is 26.2. The second kappa shape index (κ2) is 8.61. The van der Waals surface area contributed by atoms with Crippen LogP contribution in [0.1, 0.15) is 78.6 Å². The van der Waals surface area contributed by atoms with E-state index >= 15 is 0 Å². The summed E-state index contributed by atoms with van der Waals surface area (Å²) >= 11 is 0. The summed E-state index contributed by atoms with van der Waals surface area (Å²) in [7, 11) is 1.84. The van der Waals surface area contributed by atoms with Gasteiger partial charge in [0.1, 0.15) is 5.82 Å². The molecule has 5 nitrogen and oxygen atoms in total. The van der Waals surface area contributed by atoms with Crippen LogP contribution in [-0.2, 0) is 16.1 Å². The fourth-order valence-corrected chi connectivity index (χ4v) is 10.1. The van der Waals surface area contributed by atoms with Crippen LogP contribution in [0.3, 0.4) is 0 Å². The summed E-state index contributed by atoms with van der Waals surface area (Å²) in [6.07, 6.45) is 11.3. The highest BCUT2D eigenvalue weighted by Gasteiger charge is 2.67. The lowest BCUT2D eigenvalue weighted by molar-refractivity contribution is -0.197. The van der Waals surface area contributed by atoms with E-state index in [0.717, 1.165) is 63.4 Å². The highest BCUT2D eigenvalue weighted by molar-refractivity contribution is 5.83. The lowest BCUT2D eigenvalue weighted by Gasteiger charge is -2.65. The molecule has 202 valence electrons. The van der Waals surface area contributed by atoms with E-state index in [-0.39, 0.29) is 40.3 Å². The van der Waals surface area contributed by atoms with Crippen molar-refractivity contribution < 1.29 is 19.0 Å². The molecule has 0 radical (unpaired) electrons. The number of hydrogen-bond acceptors (Lipinski definition) is 4. The molecule has 4 fully saturated rings. The number of rotatable bonds is 5. The number of methoxy groups -OCH3 is 1. The minimum absolute atomic E-state index is 0.0226. The third-order valence-electron chi connectivity index (χ3n) is 12.1. The van der Waals surface area contributed by atoms with Crippen LogP contribution < -0.4 is 0 Å². The number of ether oxygens (including phenoxy) is 1. The van der Waals surface area contributed by atoms with E-state index in [2.05, 4.69) is 18.9 Å². The topological polar surface area (TPSA) is 64.3 Å². The SMILES string of the molecule is COC[C@]12CC[C@@](C)(O)C[C@H]1CC[C@@H]1[C@@H]2CC[C@]2(C)[C@@H](C(=O)Cn3cc4ccc(F)cc4n3)CC[C@@]12C. The molecule has 4 saturated carbocycles. The lowest BCUT2D eigenvalue weighted by atomic mass is 9.40. The molecule has 2 aromatic rings. The molecule has 4 aliphatic carbocycles. The van der Waals surface area contributed by atoms with Crippen molar-refractivity contribution in [1.29, 1.82) is 0 Å². The first-order chi connectivity index (χ1) is 17.5. The molecule has 0 amide bonds. The number of halogens is 1. The van der Waals surface area contributed by atoms with Gasteiger partial charge >= 0.3 is 0 Å². The van der Waals surface area contributed by atoms with E-state index in [1.54, 1.807) is 10.7 Å². The van der Waals surface area contributed by atoms with Crippen molar-refractivity contribution in [3.05, 3.63) is 30.2 Å². The fourth-order valence-electron chi connectivity index (χ4n) is 10.1. The summed E-state index contributed by atoms with van der Waals surface area (Å²) in [6, 6.07) is 4.60. The Balaban J connectivity index is 1.26. The quantitative estimate of drug-likeness (QED) is 0.522. The summed E-state index contributed by atoms with van der Waals surface area (Å²) in [5, 5.41) is 16.3. The van der Waals surface area contributed by atoms with Gasteiger partial charge in [0.15, 0.2) is 5.78 Å². The van der Waals surface area contributed by atoms with Crippen LogP contribution in [0.5, 0.6) is 0 Å². The smallest absolute Gasteiger partial charge is 0.157 e. The summed E-state index contributed by atoms with van der Waals surface area (Å²) in [6.45, 7) is 7.95. The number of benzene rings is 1. The van der Waals surface area contributed by atoms with Crippen molar-refractivity contribution in [2.24, 2.45) is 39.9 Å². The number of ketones is 1. The van der Waals surface area contributed by atoms with Gasteiger partial charge < -0.3 is 9.84 Å². The van der Waals surface area contributed by atoms with Gasteiger partial charge in [-0.2, -0.15) is 5.10 Å². The number of nitrogens with zero attached hydrogens (tertiary/aromatic N) is 2.